The van der Waals surface area contributed by atoms with Gasteiger partial charge in [0.15, 0.2) is 0 Å². The summed E-state index contributed by atoms with van der Waals surface area (Å²) >= 11 is 0. The molecule has 0 saturated carbocycles. The molecule has 0 aliphatic rings. The molecule has 114 valence electrons. The molecule has 0 amide bonds. The van der Waals surface area contributed by atoms with Crippen LogP contribution in [0.1, 0.15) is 71.1 Å². The highest BCUT2D eigenvalue weighted by molar-refractivity contribution is 5.76. The monoisotopic (exact) mass is 273 g/mol. The minimum Gasteiger partial charge on any atom is -0.478 e. The topological polar surface area (TPSA) is 101 Å². The quantitative estimate of drug-likeness (QED) is 0.304. The second-order valence-corrected chi connectivity index (χ2v) is 5.28. The number of carboxylic acid groups (broad SMARTS) is 1. The van der Waals surface area contributed by atoms with E-state index in [-0.39, 0.29) is 0 Å². The lowest BCUT2D eigenvalue weighted by atomic mass is 10.1. The van der Waals surface area contributed by atoms with Gasteiger partial charge in [-0.2, -0.15) is 0 Å². The third kappa shape index (κ3) is 10.9. The summed E-state index contributed by atoms with van der Waals surface area (Å²) in [7, 11) is 0. The van der Waals surface area contributed by atoms with Gasteiger partial charge in [-0.05, 0) is 13.0 Å². The van der Waals surface area contributed by atoms with Crippen molar-refractivity contribution in [3.05, 3.63) is 0 Å². The Balaban J connectivity index is 3.21. The van der Waals surface area contributed by atoms with E-state index in [4.69, 9.17) is 16.6 Å². The normalized spacial score (nSPS) is 11.7. The SMILES string of the molecule is CCCCCCCCCCCCNC(N)(N)C(=O)O. The molecule has 6 N–H and O–H groups in total. The summed E-state index contributed by atoms with van der Waals surface area (Å²) in [6, 6.07) is 0. The third-order valence-electron chi connectivity index (χ3n) is 3.30. The molecule has 5 heteroatoms. The van der Waals surface area contributed by atoms with E-state index >= 15 is 0 Å². The first-order valence-corrected chi connectivity index (χ1v) is 7.57. The lowest BCUT2D eigenvalue weighted by Crippen LogP contribution is -2.66. The van der Waals surface area contributed by atoms with Crippen molar-refractivity contribution in [2.24, 2.45) is 11.5 Å². The number of carboxylic acids is 1. The molecule has 0 aliphatic carbocycles. The molecule has 0 spiro atoms. The molecule has 0 unspecified atom stereocenters. The number of hydrogen-bond donors (Lipinski definition) is 4. The van der Waals surface area contributed by atoms with Crippen LogP contribution in [0.4, 0.5) is 0 Å². The van der Waals surface area contributed by atoms with E-state index in [2.05, 4.69) is 12.2 Å². The zero-order valence-electron chi connectivity index (χ0n) is 12.3. The standard InChI is InChI=1S/C14H31N3O2/c1-2-3-4-5-6-7-8-9-10-11-12-17-14(15,16)13(18)19/h17H,2-12,15-16H2,1H3,(H,18,19). The number of carbonyl (C=O) groups is 1. The molecule has 0 aromatic rings. The van der Waals surface area contributed by atoms with Gasteiger partial charge in [-0.15, -0.1) is 0 Å². The Kier molecular flexibility index (Phi) is 10.8. The average molecular weight is 273 g/mol. The van der Waals surface area contributed by atoms with Crippen molar-refractivity contribution in [1.29, 1.82) is 0 Å². The van der Waals surface area contributed by atoms with Crippen LogP contribution in [-0.4, -0.2) is 23.4 Å². The maximum Gasteiger partial charge on any atom is 0.354 e. The van der Waals surface area contributed by atoms with E-state index in [0.717, 1.165) is 12.8 Å². The largest absolute Gasteiger partial charge is 0.478 e. The van der Waals surface area contributed by atoms with Gasteiger partial charge in [-0.1, -0.05) is 64.7 Å². The Hall–Kier alpha value is -0.650. The molecular weight excluding hydrogens is 242 g/mol. The molecule has 19 heavy (non-hydrogen) atoms. The van der Waals surface area contributed by atoms with E-state index in [1.165, 1.54) is 51.4 Å². The van der Waals surface area contributed by atoms with Crippen LogP contribution in [0.15, 0.2) is 0 Å². The summed E-state index contributed by atoms with van der Waals surface area (Å²) in [5.41, 5.74) is 10.7. The Morgan fingerprint density at radius 1 is 0.947 bits per heavy atom. The zero-order chi connectivity index (χ0) is 14.6. The molecule has 0 aromatic heterocycles. The van der Waals surface area contributed by atoms with Gasteiger partial charge < -0.3 is 5.11 Å². The fourth-order valence-electron chi connectivity index (χ4n) is 1.98. The van der Waals surface area contributed by atoms with Crippen molar-refractivity contribution in [2.45, 2.75) is 76.9 Å². The van der Waals surface area contributed by atoms with Crippen molar-refractivity contribution in [2.75, 3.05) is 6.54 Å². The Labute approximate surface area is 117 Å². The van der Waals surface area contributed by atoms with Crippen LogP contribution in [0.25, 0.3) is 0 Å². The van der Waals surface area contributed by atoms with E-state index in [1.807, 2.05) is 0 Å². The average Bonchev–Trinajstić information content (AvgIpc) is 2.35. The number of nitrogens with one attached hydrogen (secondary N) is 1. The lowest BCUT2D eigenvalue weighted by Gasteiger charge is -2.20. The third-order valence-corrected chi connectivity index (χ3v) is 3.30. The molecule has 0 aliphatic heterocycles. The van der Waals surface area contributed by atoms with E-state index < -0.39 is 11.8 Å². The first kappa shape index (κ1) is 18.4. The van der Waals surface area contributed by atoms with E-state index in [0.29, 0.717) is 6.54 Å². The van der Waals surface area contributed by atoms with Crippen LogP contribution in [0.2, 0.25) is 0 Å². The summed E-state index contributed by atoms with van der Waals surface area (Å²) in [5.74, 6) is -3.01. The summed E-state index contributed by atoms with van der Waals surface area (Å²) < 4.78 is 0. The van der Waals surface area contributed by atoms with Crippen LogP contribution in [0.5, 0.6) is 0 Å². The van der Waals surface area contributed by atoms with Crippen LogP contribution in [-0.2, 0) is 4.79 Å². The highest BCUT2D eigenvalue weighted by Gasteiger charge is 2.27. The van der Waals surface area contributed by atoms with Crippen molar-refractivity contribution < 1.29 is 9.90 Å². The van der Waals surface area contributed by atoms with Crippen LogP contribution in [0.3, 0.4) is 0 Å². The molecule has 0 rings (SSSR count). The van der Waals surface area contributed by atoms with Gasteiger partial charge in [0, 0.05) is 0 Å². The minimum atomic E-state index is -1.79. The van der Waals surface area contributed by atoms with E-state index in [1.54, 1.807) is 0 Å². The van der Waals surface area contributed by atoms with Crippen molar-refractivity contribution in [1.82, 2.24) is 5.32 Å². The Morgan fingerprint density at radius 3 is 1.79 bits per heavy atom. The first-order valence-electron chi connectivity index (χ1n) is 7.57. The lowest BCUT2D eigenvalue weighted by molar-refractivity contribution is -0.144. The molecule has 0 fully saturated rings. The fraction of sp³-hybridized carbons (Fsp3) is 0.929. The predicted molar refractivity (Wildman–Crippen MR) is 78.6 cm³/mol. The molecule has 0 atom stereocenters. The van der Waals surface area contributed by atoms with Gasteiger partial charge in [-0.3, -0.25) is 16.8 Å². The highest BCUT2D eigenvalue weighted by Crippen LogP contribution is 2.10. The maximum atomic E-state index is 10.6. The van der Waals surface area contributed by atoms with E-state index in [9.17, 15) is 4.79 Å². The summed E-state index contributed by atoms with van der Waals surface area (Å²) in [5, 5.41) is 11.3. The number of rotatable bonds is 13. The van der Waals surface area contributed by atoms with Gasteiger partial charge in [0.2, 0.25) is 5.79 Å². The van der Waals surface area contributed by atoms with Gasteiger partial charge in [-0.25, -0.2) is 4.79 Å². The molecule has 0 saturated heterocycles. The van der Waals surface area contributed by atoms with Crippen molar-refractivity contribution >= 4 is 5.97 Å². The highest BCUT2D eigenvalue weighted by atomic mass is 16.4. The first-order chi connectivity index (χ1) is 9.00. The second kappa shape index (κ2) is 11.2. The van der Waals surface area contributed by atoms with Gasteiger partial charge >= 0.3 is 5.97 Å². The Bertz CT molecular complexity index is 233. The van der Waals surface area contributed by atoms with Crippen LogP contribution < -0.4 is 16.8 Å². The summed E-state index contributed by atoms with van der Waals surface area (Å²) in [4.78, 5) is 10.6. The van der Waals surface area contributed by atoms with Crippen LogP contribution >= 0.6 is 0 Å². The van der Waals surface area contributed by atoms with Crippen molar-refractivity contribution in [3.8, 4) is 0 Å². The molecule has 0 bridgehead atoms. The molecule has 0 heterocycles. The molecule has 5 nitrogen and oxygen atoms in total. The molecular formula is C14H31N3O2. The summed E-state index contributed by atoms with van der Waals surface area (Å²) in [6.45, 7) is 2.78. The second-order valence-electron chi connectivity index (χ2n) is 5.28. The zero-order valence-corrected chi connectivity index (χ0v) is 12.3. The van der Waals surface area contributed by atoms with Gasteiger partial charge in [0.25, 0.3) is 0 Å². The predicted octanol–water partition coefficient (Wildman–Crippen LogP) is 2.15. The van der Waals surface area contributed by atoms with Crippen LogP contribution in [0, 0.1) is 0 Å². The summed E-state index contributed by atoms with van der Waals surface area (Å²) in [6.07, 6.45) is 12.5. The minimum absolute atomic E-state index is 0.551. The smallest absolute Gasteiger partial charge is 0.354 e. The molecule has 0 radical (unpaired) electrons. The fourth-order valence-corrected chi connectivity index (χ4v) is 1.98. The number of aliphatic carboxylic acids is 1. The van der Waals surface area contributed by atoms with Gasteiger partial charge in [0.05, 0.1) is 0 Å². The number of hydrogen-bond acceptors (Lipinski definition) is 4. The number of nitrogens with two attached hydrogens (primary N) is 2. The maximum absolute atomic E-state index is 10.6. The molecule has 0 aromatic carbocycles. The Morgan fingerprint density at radius 2 is 1.37 bits per heavy atom. The van der Waals surface area contributed by atoms with Crippen molar-refractivity contribution in [3.63, 3.8) is 0 Å². The van der Waals surface area contributed by atoms with Gasteiger partial charge in [0.1, 0.15) is 0 Å². The number of unbranched alkanes of at least 4 members (excludes halogenated alkanes) is 9.